The first-order valence-electron chi connectivity index (χ1n) is 7.29. The number of nitrogens with zero attached hydrogens (tertiary/aromatic N) is 1. The van der Waals surface area contributed by atoms with Crippen molar-refractivity contribution in [2.75, 3.05) is 19.1 Å². The number of carbonyl (C=O) groups is 1. The fraction of sp³-hybridized carbons (Fsp3) is 0.111. The van der Waals surface area contributed by atoms with Crippen LogP contribution in [0, 0.1) is 5.82 Å². The van der Waals surface area contributed by atoms with Crippen molar-refractivity contribution in [3.8, 4) is 11.5 Å². The molecule has 0 aromatic heterocycles. The lowest BCUT2D eigenvalue weighted by atomic mass is 10.1. The van der Waals surface area contributed by atoms with Gasteiger partial charge in [0.15, 0.2) is 4.32 Å². The van der Waals surface area contributed by atoms with Crippen LogP contribution in [0.2, 0.25) is 0 Å². The van der Waals surface area contributed by atoms with E-state index in [4.69, 9.17) is 21.7 Å². The molecule has 1 amide bonds. The molecule has 1 heterocycles. The highest BCUT2D eigenvalue weighted by atomic mass is 32.2. The van der Waals surface area contributed by atoms with E-state index in [9.17, 15) is 9.18 Å². The van der Waals surface area contributed by atoms with Crippen LogP contribution in [0.3, 0.4) is 0 Å². The highest BCUT2D eigenvalue weighted by Gasteiger charge is 2.33. The van der Waals surface area contributed by atoms with E-state index in [2.05, 4.69) is 0 Å². The minimum Gasteiger partial charge on any atom is -0.497 e. The van der Waals surface area contributed by atoms with Crippen LogP contribution in [0.1, 0.15) is 5.56 Å². The number of ether oxygens (including phenoxy) is 2. The molecule has 1 saturated heterocycles. The van der Waals surface area contributed by atoms with Crippen LogP contribution in [0.4, 0.5) is 10.1 Å². The lowest BCUT2D eigenvalue weighted by molar-refractivity contribution is -0.113. The molecule has 0 saturated carbocycles. The van der Waals surface area contributed by atoms with Gasteiger partial charge in [0, 0.05) is 11.6 Å². The van der Waals surface area contributed by atoms with Crippen LogP contribution in [-0.4, -0.2) is 24.4 Å². The molecular weight excluding hydrogens is 361 g/mol. The van der Waals surface area contributed by atoms with Gasteiger partial charge in [-0.05, 0) is 42.5 Å². The van der Waals surface area contributed by atoms with Crippen LogP contribution in [-0.2, 0) is 4.79 Å². The summed E-state index contributed by atoms with van der Waals surface area (Å²) in [4.78, 5) is 14.6. The molecule has 0 atom stereocenters. The Hall–Kier alpha value is -2.38. The van der Waals surface area contributed by atoms with Gasteiger partial charge in [0.2, 0.25) is 0 Å². The normalized spacial score (nSPS) is 15.8. The minimum atomic E-state index is -0.368. The van der Waals surface area contributed by atoms with Gasteiger partial charge in [0.1, 0.15) is 17.3 Å². The first-order valence-corrected chi connectivity index (χ1v) is 8.51. The first kappa shape index (κ1) is 17.4. The highest BCUT2D eigenvalue weighted by molar-refractivity contribution is 8.27. The summed E-state index contributed by atoms with van der Waals surface area (Å²) in [6, 6.07) is 11.0. The molecule has 0 aliphatic carbocycles. The van der Waals surface area contributed by atoms with Gasteiger partial charge in [-0.15, -0.1) is 0 Å². The summed E-state index contributed by atoms with van der Waals surface area (Å²) in [7, 11) is 3.12. The van der Waals surface area contributed by atoms with Crippen LogP contribution in [0.5, 0.6) is 11.5 Å². The van der Waals surface area contributed by atoms with E-state index in [0.717, 1.165) is 5.56 Å². The van der Waals surface area contributed by atoms with E-state index in [1.807, 2.05) is 6.07 Å². The number of thiocarbonyl (C=S) groups is 1. The number of thioether (sulfide) groups is 1. The zero-order valence-corrected chi connectivity index (χ0v) is 15.1. The van der Waals surface area contributed by atoms with Crippen molar-refractivity contribution in [1.82, 2.24) is 0 Å². The second-order valence-corrected chi connectivity index (χ2v) is 6.78. The fourth-order valence-corrected chi connectivity index (χ4v) is 3.65. The Morgan fingerprint density at radius 1 is 1.12 bits per heavy atom. The predicted molar refractivity (Wildman–Crippen MR) is 102 cm³/mol. The molecular formula is C18H14FNO3S2. The maximum absolute atomic E-state index is 13.1. The molecule has 0 bridgehead atoms. The van der Waals surface area contributed by atoms with Crippen molar-refractivity contribution < 1.29 is 18.7 Å². The van der Waals surface area contributed by atoms with Gasteiger partial charge in [-0.25, -0.2) is 4.39 Å². The Morgan fingerprint density at radius 2 is 1.84 bits per heavy atom. The predicted octanol–water partition coefficient (Wildman–Crippen LogP) is 4.25. The number of carbonyl (C=O) groups excluding carboxylic acids is 1. The van der Waals surface area contributed by atoms with Gasteiger partial charge < -0.3 is 9.47 Å². The number of amides is 1. The number of hydrogen-bond donors (Lipinski definition) is 0. The third-order valence-electron chi connectivity index (χ3n) is 3.61. The van der Waals surface area contributed by atoms with Gasteiger partial charge in [0.05, 0.1) is 24.8 Å². The number of halogens is 1. The fourth-order valence-electron chi connectivity index (χ4n) is 2.36. The zero-order valence-electron chi connectivity index (χ0n) is 13.5. The molecule has 2 aromatic carbocycles. The summed E-state index contributed by atoms with van der Waals surface area (Å²) >= 11 is 6.50. The minimum absolute atomic E-state index is 0.250. The highest BCUT2D eigenvalue weighted by Crippen LogP contribution is 2.37. The van der Waals surface area contributed by atoms with Crippen molar-refractivity contribution in [2.24, 2.45) is 0 Å². The van der Waals surface area contributed by atoms with E-state index < -0.39 is 0 Å². The van der Waals surface area contributed by atoms with E-state index in [1.54, 1.807) is 32.4 Å². The van der Waals surface area contributed by atoms with Crippen LogP contribution >= 0.6 is 24.0 Å². The van der Waals surface area contributed by atoms with Crippen molar-refractivity contribution in [3.63, 3.8) is 0 Å². The summed E-state index contributed by atoms with van der Waals surface area (Å²) in [5.74, 6) is 0.631. The summed E-state index contributed by atoms with van der Waals surface area (Å²) < 4.78 is 24.0. The molecule has 25 heavy (non-hydrogen) atoms. The first-order chi connectivity index (χ1) is 12.0. The number of hydrogen-bond acceptors (Lipinski definition) is 5. The number of rotatable bonds is 4. The molecule has 3 rings (SSSR count). The molecule has 0 radical (unpaired) electrons. The zero-order chi connectivity index (χ0) is 18.0. The largest absolute Gasteiger partial charge is 0.497 e. The molecule has 4 nitrogen and oxygen atoms in total. The lowest BCUT2D eigenvalue weighted by Gasteiger charge is -2.14. The van der Waals surface area contributed by atoms with Gasteiger partial charge in [-0.3, -0.25) is 9.69 Å². The topological polar surface area (TPSA) is 38.8 Å². The smallest absolute Gasteiger partial charge is 0.270 e. The van der Waals surface area contributed by atoms with Gasteiger partial charge in [-0.2, -0.15) is 0 Å². The Labute approximate surface area is 154 Å². The monoisotopic (exact) mass is 375 g/mol. The third kappa shape index (κ3) is 3.52. The molecule has 0 spiro atoms. The number of benzene rings is 2. The number of anilines is 1. The molecule has 1 fully saturated rings. The molecule has 1 aliphatic rings. The maximum Gasteiger partial charge on any atom is 0.270 e. The summed E-state index contributed by atoms with van der Waals surface area (Å²) in [6.07, 6.45) is 1.72. The lowest BCUT2D eigenvalue weighted by Crippen LogP contribution is -2.27. The van der Waals surface area contributed by atoms with E-state index >= 15 is 0 Å². The van der Waals surface area contributed by atoms with Crippen molar-refractivity contribution in [3.05, 3.63) is 58.8 Å². The van der Waals surface area contributed by atoms with E-state index in [0.29, 0.717) is 26.4 Å². The Morgan fingerprint density at radius 3 is 2.48 bits per heavy atom. The van der Waals surface area contributed by atoms with Crippen LogP contribution < -0.4 is 14.4 Å². The molecule has 128 valence electrons. The molecule has 7 heteroatoms. The van der Waals surface area contributed by atoms with Crippen LogP contribution in [0.25, 0.3) is 6.08 Å². The van der Waals surface area contributed by atoms with Gasteiger partial charge >= 0.3 is 0 Å². The quantitative estimate of drug-likeness (QED) is 0.590. The summed E-state index contributed by atoms with van der Waals surface area (Å²) in [6.45, 7) is 0. The van der Waals surface area contributed by atoms with Gasteiger partial charge in [-0.1, -0.05) is 24.0 Å². The summed E-state index contributed by atoms with van der Waals surface area (Å²) in [5, 5.41) is 0. The Kier molecular flexibility index (Phi) is 5.06. The van der Waals surface area contributed by atoms with Crippen molar-refractivity contribution >= 4 is 46.0 Å². The average Bonchev–Trinajstić information content (AvgIpc) is 2.90. The van der Waals surface area contributed by atoms with Crippen molar-refractivity contribution in [1.29, 1.82) is 0 Å². The molecule has 0 N–H and O–H groups in total. The molecule has 2 aromatic rings. The molecule has 0 unspecified atom stereocenters. The van der Waals surface area contributed by atoms with E-state index in [-0.39, 0.29) is 11.7 Å². The second-order valence-electron chi connectivity index (χ2n) is 5.10. The van der Waals surface area contributed by atoms with Crippen LogP contribution in [0.15, 0.2) is 47.4 Å². The standard InChI is InChI=1S/C18H14FNO3S2/c1-22-14-8-3-11(15(10-14)23-2)9-16-17(21)20(18(24)25-16)13-6-4-12(19)5-7-13/h3-10H,1-2H3/b16-9+. The van der Waals surface area contributed by atoms with Gasteiger partial charge in [0.25, 0.3) is 5.91 Å². The Bertz CT molecular complexity index is 865. The SMILES string of the molecule is COc1ccc(/C=C2/SC(=S)N(c3ccc(F)cc3)C2=O)c(OC)c1. The Balaban J connectivity index is 1.94. The molecule has 1 aliphatic heterocycles. The van der Waals surface area contributed by atoms with Crippen molar-refractivity contribution in [2.45, 2.75) is 0 Å². The average molecular weight is 375 g/mol. The second kappa shape index (κ2) is 7.25. The third-order valence-corrected chi connectivity index (χ3v) is 4.91. The van der Waals surface area contributed by atoms with E-state index in [1.165, 1.54) is 40.9 Å². The number of methoxy groups -OCH3 is 2. The maximum atomic E-state index is 13.1. The summed E-state index contributed by atoms with van der Waals surface area (Å²) in [5.41, 5.74) is 1.27.